The molecule has 2 heterocycles. The Morgan fingerprint density at radius 1 is 1.22 bits per heavy atom. The van der Waals surface area contributed by atoms with Crippen LogP contribution in [0.25, 0.3) is 6.08 Å². The summed E-state index contributed by atoms with van der Waals surface area (Å²) in [5, 5.41) is 0. The molecular weight excluding hydrogens is 508 g/mol. The van der Waals surface area contributed by atoms with Gasteiger partial charge in [0, 0.05) is 9.37 Å². The summed E-state index contributed by atoms with van der Waals surface area (Å²) < 4.78 is 8.48. The standard InChI is InChI=1S/C24H21BrN2O3S2/c1-4-30-23(29)20-14(2)26-24-27(21(20)16-7-11-18(31-3)12-8-16)22(28)19(32-24)13-15-5-9-17(25)10-6-15/h5-13,21H,4H2,1-3H3. The number of hydrogen-bond acceptors (Lipinski definition) is 6. The number of aromatic nitrogens is 1. The Labute approximate surface area is 202 Å². The van der Waals surface area contributed by atoms with E-state index in [2.05, 4.69) is 20.9 Å². The highest BCUT2D eigenvalue weighted by molar-refractivity contribution is 9.10. The van der Waals surface area contributed by atoms with E-state index in [1.807, 2.05) is 60.9 Å². The molecule has 1 unspecified atom stereocenters. The quantitative estimate of drug-likeness (QED) is 0.366. The molecule has 0 N–H and O–H groups in total. The van der Waals surface area contributed by atoms with Gasteiger partial charge in [-0.2, -0.15) is 0 Å². The Morgan fingerprint density at radius 3 is 2.53 bits per heavy atom. The van der Waals surface area contributed by atoms with Crippen molar-refractivity contribution >= 4 is 51.1 Å². The fourth-order valence-corrected chi connectivity index (χ4v) is 5.32. The minimum absolute atomic E-state index is 0.176. The van der Waals surface area contributed by atoms with Crippen LogP contribution in [0.1, 0.15) is 31.0 Å². The average Bonchev–Trinajstić information content (AvgIpc) is 3.09. The maximum absolute atomic E-state index is 13.5. The molecule has 0 saturated heterocycles. The van der Waals surface area contributed by atoms with Gasteiger partial charge in [-0.15, -0.1) is 11.8 Å². The molecule has 5 nitrogen and oxygen atoms in total. The lowest BCUT2D eigenvalue weighted by Crippen LogP contribution is -2.39. The van der Waals surface area contributed by atoms with Crippen LogP contribution >= 0.6 is 39.0 Å². The number of ether oxygens (including phenoxy) is 1. The summed E-state index contributed by atoms with van der Waals surface area (Å²) in [6, 6.07) is 15.1. The van der Waals surface area contributed by atoms with Crippen LogP contribution in [0.2, 0.25) is 0 Å². The van der Waals surface area contributed by atoms with Crippen LogP contribution in [-0.2, 0) is 9.53 Å². The van der Waals surface area contributed by atoms with Crippen molar-refractivity contribution in [3.05, 3.63) is 95.1 Å². The van der Waals surface area contributed by atoms with Gasteiger partial charge in [-0.05, 0) is 61.6 Å². The van der Waals surface area contributed by atoms with E-state index < -0.39 is 12.0 Å². The first-order chi connectivity index (χ1) is 15.4. The Balaban J connectivity index is 1.93. The molecule has 2 aromatic carbocycles. The van der Waals surface area contributed by atoms with Crippen LogP contribution in [0.15, 0.2) is 79.0 Å². The third-order valence-corrected chi connectivity index (χ3v) is 7.37. The normalized spacial score (nSPS) is 16.0. The molecule has 1 aliphatic rings. The molecule has 0 radical (unpaired) electrons. The summed E-state index contributed by atoms with van der Waals surface area (Å²) >= 11 is 6.39. The summed E-state index contributed by atoms with van der Waals surface area (Å²) in [6.45, 7) is 3.81. The molecule has 0 amide bonds. The predicted octanol–water partition coefficient (Wildman–Crippen LogP) is 4.28. The lowest BCUT2D eigenvalue weighted by molar-refractivity contribution is -0.139. The number of thioether (sulfide) groups is 1. The minimum atomic E-state index is -0.590. The maximum Gasteiger partial charge on any atom is 0.338 e. The van der Waals surface area contributed by atoms with Crippen LogP contribution in [0, 0.1) is 0 Å². The van der Waals surface area contributed by atoms with E-state index in [-0.39, 0.29) is 12.2 Å². The largest absolute Gasteiger partial charge is 0.463 e. The van der Waals surface area contributed by atoms with Gasteiger partial charge in [0.2, 0.25) is 0 Å². The van der Waals surface area contributed by atoms with Crippen LogP contribution in [0.4, 0.5) is 0 Å². The third-order valence-electron chi connectivity index (χ3n) is 5.12. The lowest BCUT2D eigenvalue weighted by atomic mass is 9.96. The Kier molecular flexibility index (Phi) is 6.83. The van der Waals surface area contributed by atoms with Gasteiger partial charge in [-0.3, -0.25) is 9.36 Å². The number of carbonyl (C=O) groups excluding carboxylic acids is 1. The van der Waals surface area contributed by atoms with E-state index in [0.717, 1.165) is 20.5 Å². The molecule has 0 saturated carbocycles. The Hall–Kier alpha value is -2.42. The van der Waals surface area contributed by atoms with Crippen LogP contribution < -0.4 is 14.9 Å². The molecular formula is C24H21BrN2O3S2. The first kappa shape index (κ1) is 22.8. The lowest BCUT2D eigenvalue weighted by Gasteiger charge is -2.24. The highest BCUT2D eigenvalue weighted by Gasteiger charge is 2.33. The molecule has 8 heteroatoms. The second-order valence-electron chi connectivity index (χ2n) is 7.13. The molecule has 0 spiro atoms. The second-order valence-corrected chi connectivity index (χ2v) is 9.93. The van der Waals surface area contributed by atoms with E-state index >= 15 is 0 Å². The highest BCUT2D eigenvalue weighted by atomic mass is 79.9. The first-order valence-electron chi connectivity index (χ1n) is 10.0. The number of halogens is 1. The number of nitrogens with zero attached hydrogens (tertiary/aromatic N) is 2. The number of carbonyl (C=O) groups is 1. The molecule has 3 aromatic rings. The van der Waals surface area contributed by atoms with Crippen molar-refractivity contribution in [3.8, 4) is 0 Å². The van der Waals surface area contributed by atoms with Crippen LogP contribution in [-0.4, -0.2) is 23.4 Å². The smallest absolute Gasteiger partial charge is 0.338 e. The second kappa shape index (κ2) is 9.60. The van der Waals surface area contributed by atoms with Crippen LogP contribution in [0.5, 0.6) is 0 Å². The number of allylic oxidation sites excluding steroid dienone is 1. The van der Waals surface area contributed by atoms with Gasteiger partial charge < -0.3 is 4.74 Å². The Morgan fingerprint density at radius 2 is 1.91 bits per heavy atom. The highest BCUT2D eigenvalue weighted by Crippen LogP contribution is 2.31. The molecule has 0 fully saturated rings. The van der Waals surface area contributed by atoms with Gasteiger partial charge in [-0.25, -0.2) is 9.79 Å². The van der Waals surface area contributed by atoms with Gasteiger partial charge in [0.1, 0.15) is 0 Å². The molecule has 32 heavy (non-hydrogen) atoms. The summed E-state index contributed by atoms with van der Waals surface area (Å²) in [6.07, 6.45) is 3.86. The average molecular weight is 529 g/mol. The van der Waals surface area contributed by atoms with E-state index in [0.29, 0.717) is 20.6 Å². The Bertz CT molecular complexity index is 1370. The van der Waals surface area contributed by atoms with Gasteiger partial charge in [0.15, 0.2) is 4.80 Å². The van der Waals surface area contributed by atoms with E-state index in [1.54, 1.807) is 30.2 Å². The number of esters is 1. The molecule has 1 aliphatic heterocycles. The SMILES string of the molecule is CCOC(=O)C1=C(C)N=c2sc(=Cc3ccc(Br)cc3)c(=O)n2C1c1ccc(SC)cc1. The van der Waals surface area contributed by atoms with E-state index in [1.165, 1.54) is 11.3 Å². The first-order valence-corrected chi connectivity index (χ1v) is 12.9. The topological polar surface area (TPSA) is 60.7 Å². The molecule has 1 aromatic heterocycles. The van der Waals surface area contributed by atoms with Crippen molar-refractivity contribution in [2.75, 3.05) is 12.9 Å². The molecule has 1 atom stereocenters. The summed E-state index contributed by atoms with van der Waals surface area (Å²) in [5.41, 5.74) is 2.55. The van der Waals surface area contributed by atoms with E-state index in [4.69, 9.17) is 4.74 Å². The van der Waals surface area contributed by atoms with Gasteiger partial charge in [0.05, 0.1) is 28.5 Å². The number of fused-ring (bicyclic) bond motifs is 1. The molecule has 0 bridgehead atoms. The fraction of sp³-hybridized carbons (Fsp3) is 0.208. The number of thiazole rings is 1. The summed E-state index contributed by atoms with van der Waals surface area (Å²) in [7, 11) is 0. The van der Waals surface area contributed by atoms with Crippen molar-refractivity contribution in [2.24, 2.45) is 4.99 Å². The van der Waals surface area contributed by atoms with Crippen molar-refractivity contribution < 1.29 is 9.53 Å². The van der Waals surface area contributed by atoms with E-state index in [9.17, 15) is 9.59 Å². The number of rotatable bonds is 5. The van der Waals surface area contributed by atoms with Crippen molar-refractivity contribution in [3.63, 3.8) is 0 Å². The zero-order valence-electron chi connectivity index (χ0n) is 17.8. The van der Waals surface area contributed by atoms with Gasteiger partial charge >= 0.3 is 5.97 Å². The maximum atomic E-state index is 13.5. The number of hydrogen-bond donors (Lipinski definition) is 0. The minimum Gasteiger partial charge on any atom is -0.463 e. The van der Waals surface area contributed by atoms with Crippen LogP contribution in [0.3, 0.4) is 0 Å². The van der Waals surface area contributed by atoms with Gasteiger partial charge in [-0.1, -0.05) is 51.5 Å². The monoisotopic (exact) mass is 528 g/mol. The fourth-order valence-electron chi connectivity index (χ4n) is 3.60. The molecule has 4 rings (SSSR count). The van der Waals surface area contributed by atoms with Crippen molar-refractivity contribution in [1.82, 2.24) is 4.57 Å². The van der Waals surface area contributed by atoms with Crippen molar-refractivity contribution in [2.45, 2.75) is 24.8 Å². The summed E-state index contributed by atoms with van der Waals surface area (Å²) in [4.78, 5) is 32.7. The molecule has 164 valence electrons. The predicted molar refractivity (Wildman–Crippen MR) is 133 cm³/mol. The zero-order chi connectivity index (χ0) is 22.8. The number of benzene rings is 2. The third kappa shape index (κ3) is 4.40. The van der Waals surface area contributed by atoms with Crippen molar-refractivity contribution in [1.29, 1.82) is 0 Å². The summed E-state index contributed by atoms with van der Waals surface area (Å²) in [5.74, 6) is -0.449. The zero-order valence-corrected chi connectivity index (χ0v) is 21.0. The molecule has 0 aliphatic carbocycles. The van der Waals surface area contributed by atoms with Gasteiger partial charge in [0.25, 0.3) is 5.56 Å².